The van der Waals surface area contributed by atoms with E-state index in [0.29, 0.717) is 0 Å². The average molecular weight is 335 g/mol. The Balaban J connectivity index is 1.72. The molecular formula is C20H18FN3O. The standard InChI is InChI=1S/C20H18FN3O/c21-16-5-3-14(4-6-16)12-19(25)24-13-17(15-7-10-22-11-8-15)20-18(24)2-1-9-23-20/h1-7,9,13,22H,8,10-12H2. The Morgan fingerprint density at radius 2 is 2.08 bits per heavy atom. The van der Waals surface area contributed by atoms with E-state index in [4.69, 9.17) is 0 Å². The van der Waals surface area contributed by atoms with Crippen LogP contribution in [0.5, 0.6) is 0 Å². The van der Waals surface area contributed by atoms with E-state index in [1.54, 1.807) is 22.9 Å². The molecule has 4 rings (SSSR count). The molecule has 0 unspecified atom stereocenters. The molecular weight excluding hydrogens is 317 g/mol. The molecule has 1 aliphatic rings. The highest BCUT2D eigenvalue weighted by atomic mass is 19.1. The third-order valence-electron chi connectivity index (χ3n) is 4.51. The fourth-order valence-corrected chi connectivity index (χ4v) is 3.23. The van der Waals surface area contributed by atoms with Gasteiger partial charge in [-0.1, -0.05) is 18.2 Å². The molecule has 1 aromatic carbocycles. The second-order valence-electron chi connectivity index (χ2n) is 6.16. The van der Waals surface area contributed by atoms with Gasteiger partial charge in [-0.3, -0.25) is 14.3 Å². The number of rotatable bonds is 3. The van der Waals surface area contributed by atoms with Crippen molar-refractivity contribution in [1.82, 2.24) is 14.9 Å². The van der Waals surface area contributed by atoms with Crippen molar-refractivity contribution in [2.45, 2.75) is 12.8 Å². The zero-order valence-corrected chi connectivity index (χ0v) is 13.7. The first-order chi connectivity index (χ1) is 12.2. The van der Waals surface area contributed by atoms with Crippen molar-refractivity contribution in [2.24, 2.45) is 0 Å². The number of nitrogens with one attached hydrogen (secondary N) is 1. The lowest BCUT2D eigenvalue weighted by molar-refractivity contribution is 0.0919. The molecule has 0 amide bonds. The number of pyridine rings is 1. The fraction of sp³-hybridized carbons (Fsp3) is 0.200. The summed E-state index contributed by atoms with van der Waals surface area (Å²) in [5, 5.41) is 3.30. The van der Waals surface area contributed by atoms with Crippen molar-refractivity contribution in [3.8, 4) is 0 Å². The molecule has 1 N–H and O–H groups in total. The number of aromatic nitrogens is 2. The van der Waals surface area contributed by atoms with Crippen LogP contribution in [0.4, 0.5) is 4.39 Å². The van der Waals surface area contributed by atoms with E-state index < -0.39 is 0 Å². The number of carbonyl (C=O) groups excluding carboxylic acids is 1. The molecule has 0 saturated carbocycles. The molecule has 0 atom stereocenters. The van der Waals surface area contributed by atoms with Gasteiger partial charge in [0.15, 0.2) is 0 Å². The zero-order chi connectivity index (χ0) is 17.2. The zero-order valence-electron chi connectivity index (χ0n) is 13.7. The van der Waals surface area contributed by atoms with Crippen molar-refractivity contribution in [3.05, 3.63) is 71.8 Å². The molecule has 0 fully saturated rings. The first-order valence-electron chi connectivity index (χ1n) is 8.36. The van der Waals surface area contributed by atoms with Crippen molar-refractivity contribution in [3.63, 3.8) is 0 Å². The summed E-state index contributed by atoms with van der Waals surface area (Å²) in [5.74, 6) is -0.350. The minimum atomic E-state index is -0.299. The molecule has 3 heterocycles. The van der Waals surface area contributed by atoms with Crippen molar-refractivity contribution < 1.29 is 9.18 Å². The van der Waals surface area contributed by atoms with E-state index in [1.165, 1.54) is 17.7 Å². The summed E-state index contributed by atoms with van der Waals surface area (Å²) < 4.78 is 14.7. The van der Waals surface area contributed by atoms with Crippen molar-refractivity contribution >= 4 is 22.5 Å². The van der Waals surface area contributed by atoms with E-state index in [0.717, 1.165) is 41.7 Å². The Kier molecular flexibility index (Phi) is 4.15. The van der Waals surface area contributed by atoms with Gasteiger partial charge < -0.3 is 5.32 Å². The molecule has 0 bridgehead atoms. The maximum Gasteiger partial charge on any atom is 0.235 e. The molecule has 2 aromatic heterocycles. The van der Waals surface area contributed by atoms with Gasteiger partial charge in [0.25, 0.3) is 0 Å². The SMILES string of the molecule is O=C(Cc1ccc(F)cc1)n1cc(C2=CCNCC2)c2ncccc21. The molecule has 3 aromatic rings. The average Bonchev–Trinajstić information content (AvgIpc) is 3.04. The van der Waals surface area contributed by atoms with Crippen LogP contribution in [0, 0.1) is 5.82 Å². The molecule has 0 saturated heterocycles. The number of benzene rings is 1. The number of nitrogens with zero attached hydrogens (tertiary/aromatic N) is 2. The predicted molar refractivity (Wildman–Crippen MR) is 95.9 cm³/mol. The molecule has 1 aliphatic heterocycles. The molecule has 4 nitrogen and oxygen atoms in total. The number of hydrogen-bond acceptors (Lipinski definition) is 3. The van der Waals surface area contributed by atoms with Crippen LogP contribution in [-0.2, 0) is 6.42 Å². The van der Waals surface area contributed by atoms with Gasteiger partial charge in [0.05, 0.1) is 17.5 Å². The largest absolute Gasteiger partial charge is 0.313 e. The molecule has 126 valence electrons. The predicted octanol–water partition coefficient (Wildman–Crippen LogP) is 3.44. The van der Waals surface area contributed by atoms with Crippen LogP contribution in [0.3, 0.4) is 0 Å². The molecule has 5 heteroatoms. The number of halogens is 1. The third-order valence-corrected chi connectivity index (χ3v) is 4.51. The first-order valence-corrected chi connectivity index (χ1v) is 8.36. The number of hydrogen-bond donors (Lipinski definition) is 1. The number of fused-ring (bicyclic) bond motifs is 1. The van der Waals surface area contributed by atoms with E-state index in [-0.39, 0.29) is 18.1 Å². The van der Waals surface area contributed by atoms with Gasteiger partial charge in [-0.05, 0) is 48.4 Å². The summed E-state index contributed by atoms with van der Waals surface area (Å²) in [6, 6.07) is 9.80. The first kappa shape index (κ1) is 15.7. The van der Waals surface area contributed by atoms with Crippen molar-refractivity contribution in [1.29, 1.82) is 0 Å². The summed E-state index contributed by atoms with van der Waals surface area (Å²) in [7, 11) is 0. The highest BCUT2D eigenvalue weighted by molar-refractivity contribution is 5.98. The smallest absolute Gasteiger partial charge is 0.235 e. The highest BCUT2D eigenvalue weighted by Gasteiger charge is 2.18. The summed E-state index contributed by atoms with van der Waals surface area (Å²) in [5.41, 5.74) is 4.69. The quantitative estimate of drug-likeness (QED) is 0.798. The second-order valence-corrected chi connectivity index (χ2v) is 6.16. The normalized spacial score (nSPS) is 14.5. The van der Waals surface area contributed by atoms with E-state index >= 15 is 0 Å². The van der Waals surface area contributed by atoms with Gasteiger partial charge >= 0.3 is 0 Å². The lowest BCUT2D eigenvalue weighted by Crippen LogP contribution is -2.20. The Morgan fingerprint density at radius 1 is 1.24 bits per heavy atom. The van der Waals surface area contributed by atoms with Gasteiger partial charge in [0, 0.05) is 24.5 Å². The highest BCUT2D eigenvalue weighted by Crippen LogP contribution is 2.28. The minimum absolute atomic E-state index is 0.0506. The lowest BCUT2D eigenvalue weighted by atomic mass is 10.0. The van der Waals surface area contributed by atoms with Crippen LogP contribution in [0.1, 0.15) is 22.3 Å². The maximum atomic E-state index is 13.1. The summed E-state index contributed by atoms with van der Waals surface area (Å²) in [6.07, 6.45) is 6.94. The molecule has 25 heavy (non-hydrogen) atoms. The lowest BCUT2D eigenvalue weighted by Gasteiger charge is -2.12. The second kappa shape index (κ2) is 6.61. The maximum absolute atomic E-state index is 13.1. The monoisotopic (exact) mass is 335 g/mol. The summed E-state index contributed by atoms with van der Waals surface area (Å²) in [4.78, 5) is 17.3. The summed E-state index contributed by atoms with van der Waals surface area (Å²) >= 11 is 0. The van der Waals surface area contributed by atoms with Crippen LogP contribution in [0.2, 0.25) is 0 Å². The van der Waals surface area contributed by atoms with Crippen LogP contribution in [0.15, 0.2) is 54.9 Å². The number of carbonyl (C=O) groups is 1. The molecule has 0 aliphatic carbocycles. The Bertz CT molecular complexity index is 957. The van der Waals surface area contributed by atoms with Gasteiger partial charge in [-0.25, -0.2) is 4.39 Å². The van der Waals surface area contributed by atoms with Gasteiger partial charge in [0.2, 0.25) is 5.91 Å². The van der Waals surface area contributed by atoms with E-state index in [1.807, 2.05) is 18.3 Å². The Morgan fingerprint density at radius 3 is 2.84 bits per heavy atom. The topological polar surface area (TPSA) is 46.9 Å². The molecule has 0 radical (unpaired) electrons. The molecule has 0 spiro atoms. The fourth-order valence-electron chi connectivity index (χ4n) is 3.23. The van der Waals surface area contributed by atoms with E-state index in [9.17, 15) is 9.18 Å². The van der Waals surface area contributed by atoms with Crippen molar-refractivity contribution in [2.75, 3.05) is 13.1 Å². The van der Waals surface area contributed by atoms with Gasteiger partial charge in [0.1, 0.15) is 5.82 Å². The van der Waals surface area contributed by atoms with Crippen LogP contribution in [0.25, 0.3) is 16.6 Å². The van der Waals surface area contributed by atoms with Gasteiger partial charge in [-0.2, -0.15) is 0 Å². The van der Waals surface area contributed by atoms with Crippen LogP contribution < -0.4 is 5.32 Å². The van der Waals surface area contributed by atoms with Crippen LogP contribution in [-0.4, -0.2) is 28.5 Å². The van der Waals surface area contributed by atoms with Crippen LogP contribution >= 0.6 is 0 Å². The summed E-state index contributed by atoms with van der Waals surface area (Å²) in [6.45, 7) is 1.76. The van der Waals surface area contributed by atoms with E-state index in [2.05, 4.69) is 16.4 Å². The van der Waals surface area contributed by atoms with Gasteiger partial charge in [-0.15, -0.1) is 0 Å². The Labute approximate surface area is 145 Å². The third kappa shape index (κ3) is 3.10. The minimum Gasteiger partial charge on any atom is -0.313 e. The Hall–Kier alpha value is -2.79.